The van der Waals surface area contributed by atoms with Crippen molar-refractivity contribution in [3.63, 3.8) is 0 Å². The zero-order valence-corrected chi connectivity index (χ0v) is 12.6. The Hall–Kier alpha value is -0.645. The molecule has 1 fully saturated rings. The van der Waals surface area contributed by atoms with Crippen LogP contribution in [-0.4, -0.2) is 24.6 Å². The lowest BCUT2D eigenvalue weighted by Crippen LogP contribution is -2.41. The second kappa shape index (κ2) is 4.47. The first-order valence-electron chi connectivity index (χ1n) is 5.86. The van der Waals surface area contributed by atoms with Crippen molar-refractivity contribution < 1.29 is 14.1 Å². The molecule has 18 heavy (non-hydrogen) atoms. The molecule has 0 spiro atoms. The van der Waals surface area contributed by atoms with Gasteiger partial charge in [-0.15, -0.1) is 0 Å². The molecule has 0 N–H and O–H groups in total. The number of benzene rings is 1. The summed E-state index contributed by atoms with van der Waals surface area (Å²) in [5, 5.41) is 0. The van der Waals surface area contributed by atoms with Crippen molar-refractivity contribution in [2.75, 3.05) is 0 Å². The Kier molecular flexibility index (Phi) is 3.43. The minimum Gasteiger partial charge on any atom is -0.399 e. The molecule has 0 atom stereocenters. The first-order valence-corrected chi connectivity index (χ1v) is 6.66. The fraction of sp³-hybridized carbons (Fsp3) is 0.462. The highest BCUT2D eigenvalue weighted by atomic mass is 79.9. The SMILES string of the molecule is CC1(C)OB(c2cc(Br)cc(C=O)c2)OC1(C)C. The summed E-state index contributed by atoms with van der Waals surface area (Å²) in [5.74, 6) is 0. The van der Waals surface area contributed by atoms with Crippen molar-refractivity contribution in [2.24, 2.45) is 0 Å². The van der Waals surface area contributed by atoms with E-state index in [0.717, 1.165) is 16.2 Å². The van der Waals surface area contributed by atoms with Gasteiger partial charge in [0.2, 0.25) is 0 Å². The number of rotatable bonds is 2. The molecular weight excluding hydrogens is 295 g/mol. The Morgan fingerprint density at radius 2 is 1.67 bits per heavy atom. The maximum atomic E-state index is 10.9. The van der Waals surface area contributed by atoms with Gasteiger partial charge in [0.1, 0.15) is 6.29 Å². The predicted octanol–water partition coefficient (Wildman–Crippen LogP) is 2.56. The van der Waals surface area contributed by atoms with Crippen LogP contribution in [0.15, 0.2) is 22.7 Å². The van der Waals surface area contributed by atoms with E-state index in [0.29, 0.717) is 5.56 Å². The summed E-state index contributed by atoms with van der Waals surface area (Å²) < 4.78 is 12.7. The van der Waals surface area contributed by atoms with Gasteiger partial charge in [-0.3, -0.25) is 4.79 Å². The summed E-state index contributed by atoms with van der Waals surface area (Å²) in [6.45, 7) is 8.02. The fourth-order valence-corrected chi connectivity index (χ4v) is 2.35. The second-order valence-corrected chi connectivity index (χ2v) is 6.44. The molecule has 0 unspecified atom stereocenters. The molecule has 1 aromatic carbocycles. The van der Waals surface area contributed by atoms with Crippen molar-refractivity contribution in [3.8, 4) is 0 Å². The van der Waals surface area contributed by atoms with Crippen molar-refractivity contribution in [2.45, 2.75) is 38.9 Å². The molecule has 1 aliphatic heterocycles. The number of halogens is 1. The van der Waals surface area contributed by atoms with Crippen LogP contribution in [-0.2, 0) is 9.31 Å². The van der Waals surface area contributed by atoms with E-state index < -0.39 is 7.12 Å². The summed E-state index contributed by atoms with van der Waals surface area (Å²) in [4.78, 5) is 10.9. The van der Waals surface area contributed by atoms with E-state index in [1.807, 2.05) is 33.8 Å². The molecule has 1 aliphatic rings. The molecule has 0 saturated carbocycles. The Bertz CT molecular complexity index is 469. The maximum Gasteiger partial charge on any atom is 0.494 e. The van der Waals surface area contributed by atoms with Crippen molar-refractivity contribution in [1.82, 2.24) is 0 Å². The standard InChI is InChI=1S/C13H16BBrO3/c1-12(2)13(3,4)18-14(17-12)10-5-9(8-16)6-11(15)7-10/h5-8H,1-4H3. The lowest BCUT2D eigenvalue weighted by molar-refractivity contribution is 0.00578. The van der Waals surface area contributed by atoms with Crippen LogP contribution in [0, 0.1) is 0 Å². The van der Waals surface area contributed by atoms with E-state index in [1.54, 1.807) is 12.1 Å². The van der Waals surface area contributed by atoms with Crippen LogP contribution in [0.4, 0.5) is 0 Å². The van der Waals surface area contributed by atoms with Crippen LogP contribution >= 0.6 is 15.9 Å². The molecule has 96 valence electrons. The predicted molar refractivity (Wildman–Crippen MR) is 75.2 cm³/mol. The summed E-state index contributed by atoms with van der Waals surface area (Å²) in [6.07, 6.45) is 0.819. The zero-order chi connectivity index (χ0) is 13.6. The van der Waals surface area contributed by atoms with E-state index in [-0.39, 0.29) is 11.2 Å². The minimum absolute atomic E-state index is 0.374. The second-order valence-electron chi connectivity index (χ2n) is 5.52. The monoisotopic (exact) mass is 310 g/mol. The average molecular weight is 311 g/mol. The highest BCUT2D eigenvalue weighted by molar-refractivity contribution is 9.10. The number of aldehydes is 1. The zero-order valence-electron chi connectivity index (χ0n) is 11.0. The van der Waals surface area contributed by atoms with Gasteiger partial charge in [-0.05, 0) is 45.3 Å². The third kappa shape index (κ3) is 2.39. The first-order chi connectivity index (χ1) is 8.25. The Labute approximate surface area is 116 Å². The van der Waals surface area contributed by atoms with Crippen LogP contribution in [0.1, 0.15) is 38.1 Å². The van der Waals surface area contributed by atoms with Gasteiger partial charge in [0.15, 0.2) is 0 Å². The van der Waals surface area contributed by atoms with Gasteiger partial charge in [-0.25, -0.2) is 0 Å². The molecule has 0 bridgehead atoms. The Morgan fingerprint density at radius 1 is 1.11 bits per heavy atom. The first kappa shape index (κ1) is 13.8. The topological polar surface area (TPSA) is 35.5 Å². The number of carbonyl (C=O) groups is 1. The molecular formula is C13H16BBrO3. The third-order valence-corrected chi connectivity index (χ3v) is 4.06. The van der Waals surface area contributed by atoms with Crippen LogP contribution < -0.4 is 5.46 Å². The normalized spacial score (nSPS) is 21.1. The van der Waals surface area contributed by atoms with Crippen molar-refractivity contribution >= 4 is 34.8 Å². The van der Waals surface area contributed by atoms with Gasteiger partial charge in [0.25, 0.3) is 0 Å². The number of hydrogen-bond acceptors (Lipinski definition) is 3. The highest BCUT2D eigenvalue weighted by Gasteiger charge is 2.51. The molecule has 0 radical (unpaired) electrons. The maximum absolute atomic E-state index is 10.9. The van der Waals surface area contributed by atoms with Gasteiger partial charge in [0, 0.05) is 10.0 Å². The van der Waals surface area contributed by atoms with E-state index in [4.69, 9.17) is 9.31 Å². The summed E-state index contributed by atoms with van der Waals surface area (Å²) in [7, 11) is -0.439. The lowest BCUT2D eigenvalue weighted by Gasteiger charge is -2.32. The number of carbonyl (C=O) groups excluding carboxylic acids is 1. The molecule has 2 rings (SSSR count). The van der Waals surface area contributed by atoms with Gasteiger partial charge in [-0.2, -0.15) is 0 Å². The summed E-state index contributed by atoms with van der Waals surface area (Å²) in [6, 6.07) is 5.47. The number of hydrogen-bond donors (Lipinski definition) is 0. The average Bonchev–Trinajstić information content (AvgIpc) is 2.47. The van der Waals surface area contributed by atoms with E-state index in [1.165, 1.54) is 0 Å². The molecule has 3 nitrogen and oxygen atoms in total. The molecule has 1 aromatic rings. The summed E-state index contributed by atoms with van der Waals surface area (Å²) in [5.41, 5.74) is 0.710. The Balaban J connectivity index is 2.35. The Morgan fingerprint density at radius 3 is 2.17 bits per heavy atom. The van der Waals surface area contributed by atoms with Crippen molar-refractivity contribution in [3.05, 3.63) is 28.2 Å². The van der Waals surface area contributed by atoms with E-state index >= 15 is 0 Å². The fourth-order valence-electron chi connectivity index (χ4n) is 1.82. The van der Waals surface area contributed by atoms with Crippen LogP contribution in [0.5, 0.6) is 0 Å². The van der Waals surface area contributed by atoms with Crippen LogP contribution in [0.2, 0.25) is 0 Å². The lowest BCUT2D eigenvalue weighted by atomic mass is 9.78. The van der Waals surface area contributed by atoms with Gasteiger partial charge < -0.3 is 9.31 Å². The third-order valence-electron chi connectivity index (χ3n) is 3.60. The van der Waals surface area contributed by atoms with E-state index in [9.17, 15) is 4.79 Å². The van der Waals surface area contributed by atoms with Crippen LogP contribution in [0.25, 0.3) is 0 Å². The van der Waals surface area contributed by atoms with E-state index in [2.05, 4.69) is 15.9 Å². The van der Waals surface area contributed by atoms with Gasteiger partial charge in [-0.1, -0.05) is 22.0 Å². The smallest absolute Gasteiger partial charge is 0.399 e. The molecule has 0 aromatic heterocycles. The highest BCUT2D eigenvalue weighted by Crippen LogP contribution is 2.36. The molecule has 1 heterocycles. The largest absolute Gasteiger partial charge is 0.494 e. The molecule has 0 amide bonds. The van der Waals surface area contributed by atoms with Crippen LogP contribution in [0.3, 0.4) is 0 Å². The van der Waals surface area contributed by atoms with Gasteiger partial charge in [0.05, 0.1) is 11.2 Å². The molecule has 5 heteroatoms. The minimum atomic E-state index is -0.439. The van der Waals surface area contributed by atoms with Gasteiger partial charge >= 0.3 is 7.12 Å². The molecule has 0 aliphatic carbocycles. The molecule has 1 saturated heterocycles. The van der Waals surface area contributed by atoms with Crippen molar-refractivity contribution in [1.29, 1.82) is 0 Å². The quantitative estimate of drug-likeness (QED) is 0.622. The summed E-state index contributed by atoms with van der Waals surface area (Å²) >= 11 is 3.39.